The molecule has 0 saturated carbocycles. The van der Waals surface area contributed by atoms with E-state index in [1.807, 2.05) is 37.2 Å². The molecule has 2 aromatic rings. The Balaban J connectivity index is 1.89. The average molecular weight is 360 g/mol. The fourth-order valence-electron chi connectivity index (χ4n) is 2.04. The molecule has 0 spiro atoms. The molecule has 0 aliphatic heterocycles. The van der Waals surface area contributed by atoms with E-state index in [1.54, 1.807) is 19.1 Å². The molecule has 132 valence electrons. The Bertz CT molecular complexity index is 750. The van der Waals surface area contributed by atoms with Gasteiger partial charge in [0.15, 0.2) is 0 Å². The van der Waals surface area contributed by atoms with Crippen molar-refractivity contribution < 1.29 is 9.72 Å². The molecule has 0 unspecified atom stereocenters. The van der Waals surface area contributed by atoms with Gasteiger partial charge in [-0.05, 0) is 31.2 Å². The number of amides is 1. The molecule has 1 amide bonds. The minimum Gasteiger partial charge on any atom is -0.363 e. The molecule has 0 radical (unpaired) electrons. The van der Waals surface area contributed by atoms with Crippen molar-refractivity contribution in [3.8, 4) is 0 Å². The smallest absolute Gasteiger partial charge is 0.269 e. The number of anilines is 1. The summed E-state index contributed by atoms with van der Waals surface area (Å²) in [6.45, 7) is 2.15. The zero-order chi connectivity index (χ0) is 18.4. The van der Waals surface area contributed by atoms with E-state index in [9.17, 15) is 14.9 Å². The van der Waals surface area contributed by atoms with E-state index in [4.69, 9.17) is 0 Å². The topological polar surface area (TPSA) is 88.4 Å². The van der Waals surface area contributed by atoms with Gasteiger partial charge in [0, 0.05) is 31.1 Å². The van der Waals surface area contributed by atoms with Crippen LogP contribution in [0, 0.1) is 10.1 Å². The van der Waals surface area contributed by atoms with Crippen LogP contribution in [0.5, 0.6) is 0 Å². The number of nitro groups is 1. The normalized spacial score (nSPS) is 11.6. The van der Waals surface area contributed by atoms with Gasteiger partial charge in [0.25, 0.3) is 5.69 Å². The summed E-state index contributed by atoms with van der Waals surface area (Å²) in [7, 11) is 3.82. The maximum absolute atomic E-state index is 12.2. The van der Waals surface area contributed by atoms with Crippen LogP contribution < -0.4 is 10.2 Å². The van der Waals surface area contributed by atoms with Gasteiger partial charge in [-0.25, -0.2) is 4.98 Å². The van der Waals surface area contributed by atoms with Crippen molar-refractivity contribution in [1.82, 2.24) is 10.3 Å². The highest BCUT2D eigenvalue weighted by Crippen LogP contribution is 2.25. The van der Waals surface area contributed by atoms with Crippen LogP contribution in [0.4, 0.5) is 11.5 Å². The van der Waals surface area contributed by atoms with Crippen LogP contribution in [0.2, 0.25) is 0 Å². The Labute approximate surface area is 150 Å². The molecular formula is C17H20N4O3S. The van der Waals surface area contributed by atoms with Crippen molar-refractivity contribution in [1.29, 1.82) is 0 Å². The van der Waals surface area contributed by atoms with Crippen LogP contribution in [0.15, 0.2) is 47.4 Å². The molecule has 0 aliphatic carbocycles. The second kappa shape index (κ2) is 8.48. The number of nitrogens with zero attached hydrogens (tertiary/aromatic N) is 3. The first-order chi connectivity index (χ1) is 11.9. The highest BCUT2D eigenvalue weighted by Gasteiger charge is 2.15. The Hall–Kier alpha value is -2.61. The second-order valence-corrected chi connectivity index (χ2v) is 7.02. The predicted octanol–water partition coefficient (Wildman–Crippen LogP) is 2.85. The maximum Gasteiger partial charge on any atom is 0.269 e. The third-order valence-corrected chi connectivity index (χ3v) is 4.54. The number of carbonyl (C=O) groups is 1. The highest BCUT2D eigenvalue weighted by atomic mass is 32.2. The fraction of sp³-hybridized carbons (Fsp3) is 0.294. The van der Waals surface area contributed by atoms with Gasteiger partial charge in [-0.15, -0.1) is 11.8 Å². The molecule has 1 atom stereocenters. The quantitative estimate of drug-likeness (QED) is 0.464. The van der Waals surface area contributed by atoms with Crippen molar-refractivity contribution in [3.63, 3.8) is 0 Å². The highest BCUT2D eigenvalue weighted by molar-refractivity contribution is 8.00. The number of hydrogen-bond acceptors (Lipinski definition) is 6. The molecule has 0 aliphatic rings. The third kappa shape index (κ3) is 5.46. The summed E-state index contributed by atoms with van der Waals surface area (Å²) in [5, 5.41) is 13.2. The van der Waals surface area contributed by atoms with Crippen molar-refractivity contribution in [2.24, 2.45) is 0 Å². The van der Waals surface area contributed by atoms with Gasteiger partial charge >= 0.3 is 0 Å². The number of carbonyl (C=O) groups excluding carboxylic acids is 1. The van der Waals surface area contributed by atoms with E-state index in [-0.39, 0.29) is 16.8 Å². The average Bonchev–Trinajstić information content (AvgIpc) is 2.60. The van der Waals surface area contributed by atoms with Gasteiger partial charge in [0.1, 0.15) is 5.82 Å². The van der Waals surface area contributed by atoms with E-state index in [2.05, 4.69) is 10.3 Å². The third-order valence-electron chi connectivity index (χ3n) is 3.42. The summed E-state index contributed by atoms with van der Waals surface area (Å²) in [6.07, 6.45) is 0. The molecule has 0 saturated heterocycles. The molecule has 0 fully saturated rings. The van der Waals surface area contributed by atoms with Crippen LogP contribution in [-0.4, -0.2) is 35.2 Å². The lowest BCUT2D eigenvalue weighted by Crippen LogP contribution is -2.30. The van der Waals surface area contributed by atoms with Crippen molar-refractivity contribution >= 4 is 29.2 Å². The number of nitro benzene ring substituents is 1. The summed E-state index contributed by atoms with van der Waals surface area (Å²) in [5.74, 6) is 0.723. The number of thioether (sulfide) groups is 1. The lowest BCUT2D eigenvalue weighted by atomic mass is 10.3. The monoisotopic (exact) mass is 360 g/mol. The molecule has 25 heavy (non-hydrogen) atoms. The summed E-state index contributed by atoms with van der Waals surface area (Å²) in [4.78, 5) is 29.6. The summed E-state index contributed by atoms with van der Waals surface area (Å²) < 4.78 is 0. The molecule has 2 rings (SSSR count). The molecule has 1 N–H and O–H groups in total. The van der Waals surface area contributed by atoms with Crippen molar-refractivity contribution in [3.05, 3.63) is 58.3 Å². The molecule has 8 heteroatoms. The number of nitrogens with one attached hydrogen (secondary N) is 1. The Morgan fingerprint density at radius 1 is 1.28 bits per heavy atom. The lowest BCUT2D eigenvalue weighted by molar-refractivity contribution is -0.384. The van der Waals surface area contributed by atoms with Gasteiger partial charge in [0.05, 0.1) is 22.4 Å². The zero-order valence-electron chi connectivity index (χ0n) is 14.3. The van der Waals surface area contributed by atoms with Gasteiger partial charge in [-0.1, -0.05) is 6.07 Å². The molecular weight excluding hydrogens is 340 g/mol. The Morgan fingerprint density at radius 2 is 1.96 bits per heavy atom. The fourth-order valence-corrected chi connectivity index (χ4v) is 2.93. The number of rotatable bonds is 7. The van der Waals surface area contributed by atoms with Gasteiger partial charge in [-0.2, -0.15) is 0 Å². The van der Waals surface area contributed by atoms with Crippen molar-refractivity contribution in [2.75, 3.05) is 19.0 Å². The van der Waals surface area contributed by atoms with Crippen molar-refractivity contribution in [2.45, 2.75) is 23.6 Å². The molecule has 0 bridgehead atoms. The lowest BCUT2D eigenvalue weighted by Gasteiger charge is -2.14. The molecule has 1 aromatic heterocycles. The Morgan fingerprint density at radius 3 is 2.56 bits per heavy atom. The minimum absolute atomic E-state index is 0.0355. The standard InChI is InChI=1S/C17H20N4O3S/c1-12(25-15-9-7-14(8-10-15)21(23)24)17(22)18-11-13-5-4-6-16(19-13)20(2)3/h4-10,12H,11H2,1-3H3,(H,18,22)/t12-/m1/s1. The maximum atomic E-state index is 12.2. The van der Waals surface area contributed by atoms with E-state index in [0.29, 0.717) is 6.54 Å². The first kappa shape index (κ1) is 18.7. The van der Waals surface area contributed by atoms with E-state index in [0.717, 1.165) is 16.4 Å². The number of benzene rings is 1. The van der Waals surface area contributed by atoms with E-state index >= 15 is 0 Å². The van der Waals surface area contributed by atoms with Crippen LogP contribution in [0.3, 0.4) is 0 Å². The first-order valence-electron chi connectivity index (χ1n) is 7.69. The minimum atomic E-state index is -0.445. The molecule has 7 nitrogen and oxygen atoms in total. The van der Waals surface area contributed by atoms with Crippen LogP contribution in [0.1, 0.15) is 12.6 Å². The molecule has 1 aromatic carbocycles. The number of pyridine rings is 1. The molecule has 1 heterocycles. The number of non-ortho nitro benzene ring substituents is 1. The van der Waals surface area contributed by atoms with E-state index in [1.165, 1.54) is 23.9 Å². The van der Waals surface area contributed by atoms with Crippen LogP contribution in [-0.2, 0) is 11.3 Å². The Kier molecular flexibility index (Phi) is 6.35. The van der Waals surface area contributed by atoms with Gasteiger partial charge in [0.2, 0.25) is 5.91 Å². The second-order valence-electron chi connectivity index (χ2n) is 5.61. The van der Waals surface area contributed by atoms with Crippen LogP contribution >= 0.6 is 11.8 Å². The van der Waals surface area contributed by atoms with Crippen LogP contribution in [0.25, 0.3) is 0 Å². The van der Waals surface area contributed by atoms with Gasteiger partial charge in [-0.3, -0.25) is 14.9 Å². The first-order valence-corrected chi connectivity index (χ1v) is 8.57. The summed E-state index contributed by atoms with van der Waals surface area (Å²) >= 11 is 1.35. The summed E-state index contributed by atoms with van der Waals surface area (Å²) in [5.41, 5.74) is 0.820. The zero-order valence-corrected chi connectivity index (χ0v) is 15.1. The van der Waals surface area contributed by atoms with Gasteiger partial charge < -0.3 is 10.2 Å². The summed E-state index contributed by atoms with van der Waals surface area (Å²) in [6, 6.07) is 11.8. The number of hydrogen-bond donors (Lipinski definition) is 1. The number of aromatic nitrogens is 1. The van der Waals surface area contributed by atoms with E-state index < -0.39 is 4.92 Å². The predicted molar refractivity (Wildman–Crippen MR) is 98.8 cm³/mol. The largest absolute Gasteiger partial charge is 0.363 e. The SMILES string of the molecule is C[C@@H](Sc1ccc([N+](=O)[O-])cc1)C(=O)NCc1cccc(N(C)C)n1.